The Hall–Kier alpha value is 0.450. The molecular weight excluding hydrogens is 299 g/mol. The molecular formula is C15H31NaO4S. The van der Waals surface area contributed by atoms with Crippen molar-refractivity contribution in [3.05, 3.63) is 11.8 Å². The van der Waals surface area contributed by atoms with E-state index in [9.17, 15) is 8.42 Å². The topological polar surface area (TPSA) is 63.6 Å². The van der Waals surface area contributed by atoms with Crippen LogP contribution in [-0.2, 0) is 14.9 Å². The van der Waals surface area contributed by atoms with Crippen LogP contribution in [0.1, 0.15) is 73.1 Å². The van der Waals surface area contributed by atoms with Crippen molar-refractivity contribution in [3.63, 3.8) is 0 Å². The number of unbranched alkanes of at least 4 members (excludes halogenated alkanes) is 7. The van der Waals surface area contributed by atoms with Gasteiger partial charge in [0, 0.05) is 6.42 Å². The molecule has 0 spiro atoms. The van der Waals surface area contributed by atoms with Gasteiger partial charge in [-0.3, -0.25) is 4.55 Å². The quantitative estimate of drug-likeness (QED) is 0.240. The van der Waals surface area contributed by atoms with E-state index >= 15 is 0 Å². The van der Waals surface area contributed by atoms with Crippen LogP contribution in [0.3, 0.4) is 0 Å². The minimum atomic E-state index is -3.76. The molecule has 6 heteroatoms. The average Bonchev–Trinajstić information content (AvgIpc) is 2.39. The minimum Gasteiger partial charge on any atom is -1.00 e. The van der Waals surface area contributed by atoms with Gasteiger partial charge < -0.3 is 6.16 Å². The van der Waals surface area contributed by atoms with Gasteiger partial charge in [0.15, 0.2) is 0 Å². The maximum Gasteiger partial charge on any atom is 1.00 e. The van der Waals surface area contributed by atoms with Gasteiger partial charge in [-0.1, -0.05) is 45.4 Å². The Morgan fingerprint density at radius 2 is 1.52 bits per heavy atom. The largest absolute Gasteiger partial charge is 1.00 e. The van der Waals surface area contributed by atoms with Gasteiger partial charge in [0.2, 0.25) is 0 Å². The Labute approximate surface area is 154 Å². The zero-order valence-corrected chi connectivity index (χ0v) is 16.8. The molecule has 0 unspecified atom stereocenters. The van der Waals surface area contributed by atoms with E-state index in [1.807, 2.05) is 13.0 Å². The minimum absolute atomic E-state index is 0. The van der Waals surface area contributed by atoms with E-state index in [4.69, 9.17) is 9.29 Å². The normalized spacial score (nSPS) is 12.0. The number of hydrogen-bond acceptors (Lipinski definition) is 3. The van der Waals surface area contributed by atoms with Crippen molar-refractivity contribution in [1.82, 2.24) is 0 Å². The second-order valence-electron chi connectivity index (χ2n) is 5.07. The first-order valence-corrected chi connectivity index (χ1v) is 9.33. The Balaban J connectivity index is -0.00000180. The summed E-state index contributed by atoms with van der Waals surface area (Å²) < 4.78 is 35.2. The Morgan fingerprint density at radius 1 is 1.05 bits per heavy atom. The third-order valence-electron chi connectivity index (χ3n) is 3.25. The molecule has 0 radical (unpaired) electrons. The third-order valence-corrected chi connectivity index (χ3v) is 4.06. The molecule has 0 aliphatic heterocycles. The molecule has 0 aromatic carbocycles. The molecule has 0 saturated heterocycles. The van der Waals surface area contributed by atoms with Crippen LogP contribution in [-0.4, -0.2) is 25.3 Å². The zero-order chi connectivity index (χ0) is 15.3. The number of rotatable bonds is 13. The summed E-state index contributed by atoms with van der Waals surface area (Å²) >= 11 is 0. The fourth-order valence-electron chi connectivity index (χ4n) is 2.04. The molecule has 0 rings (SSSR count). The van der Waals surface area contributed by atoms with Gasteiger partial charge in [0.25, 0.3) is 10.1 Å². The first kappa shape index (κ1) is 23.7. The summed E-state index contributed by atoms with van der Waals surface area (Å²) in [5.41, 5.74) is 0. The van der Waals surface area contributed by atoms with Crippen molar-refractivity contribution in [1.29, 1.82) is 0 Å². The van der Waals surface area contributed by atoms with Gasteiger partial charge in [0.05, 0.1) is 18.1 Å². The zero-order valence-electron chi connectivity index (χ0n) is 14.9. The van der Waals surface area contributed by atoms with Crippen LogP contribution in [0.15, 0.2) is 11.8 Å². The molecule has 0 aliphatic carbocycles. The maximum absolute atomic E-state index is 10.5. The number of allylic oxidation sites excluding steroid dienone is 2. The summed E-state index contributed by atoms with van der Waals surface area (Å²) in [5, 5.41) is 0. The van der Waals surface area contributed by atoms with Crippen molar-refractivity contribution >= 4 is 10.1 Å². The molecule has 1 N–H and O–H groups in total. The second kappa shape index (κ2) is 15.3. The van der Waals surface area contributed by atoms with Crippen LogP contribution in [0.5, 0.6) is 0 Å². The predicted molar refractivity (Wildman–Crippen MR) is 84.5 cm³/mol. The maximum atomic E-state index is 10.5. The van der Waals surface area contributed by atoms with Gasteiger partial charge in [-0.25, -0.2) is 0 Å². The Morgan fingerprint density at radius 3 is 1.95 bits per heavy atom. The van der Waals surface area contributed by atoms with Gasteiger partial charge in [-0.15, -0.1) is 0 Å². The van der Waals surface area contributed by atoms with E-state index in [0.29, 0.717) is 6.42 Å². The van der Waals surface area contributed by atoms with Crippen LogP contribution in [0.2, 0.25) is 0 Å². The van der Waals surface area contributed by atoms with Crippen molar-refractivity contribution in [2.45, 2.75) is 71.6 Å². The standard InChI is InChI=1S/C15H30O4S.Na.H/c1-3-15(4-2)19-13-11-9-7-5-6-8-10-12-14-20(16,17)18;;/h3H,4-14H2,1-2H3,(H,16,17,18);;/q;+1;-1. The van der Waals surface area contributed by atoms with Gasteiger partial charge >= 0.3 is 29.6 Å². The summed E-state index contributed by atoms with van der Waals surface area (Å²) in [6.45, 7) is 4.90. The summed E-state index contributed by atoms with van der Waals surface area (Å²) in [4.78, 5) is 0. The number of hydrogen-bond donors (Lipinski definition) is 1. The molecule has 0 saturated carbocycles. The number of ether oxygens (including phenoxy) is 1. The Kier molecular flexibility index (Phi) is 17.3. The van der Waals surface area contributed by atoms with E-state index < -0.39 is 10.1 Å². The van der Waals surface area contributed by atoms with Crippen LogP contribution < -0.4 is 29.6 Å². The molecule has 0 fully saturated rings. The summed E-state index contributed by atoms with van der Waals surface area (Å²) in [6.07, 6.45) is 11.3. The monoisotopic (exact) mass is 330 g/mol. The molecule has 122 valence electrons. The van der Waals surface area contributed by atoms with Crippen LogP contribution in [0, 0.1) is 0 Å². The molecule has 0 atom stereocenters. The first-order chi connectivity index (χ1) is 9.49. The predicted octanol–water partition coefficient (Wildman–Crippen LogP) is 1.44. The molecule has 4 nitrogen and oxygen atoms in total. The molecule has 21 heavy (non-hydrogen) atoms. The fourth-order valence-corrected chi connectivity index (χ4v) is 2.61. The van der Waals surface area contributed by atoms with Gasteiger partial charge in [-0.2, -0.15) is 8.42 Å². The fraction of sp³-hybridized carbons (Fsp3) is 0.867. The summed E-state index contributed by atoms with van der Waals surface area (Å²) in [5.74, 6) is 0.971. The average molecular weight is 330 g/mol. The van der Waals surface area contributed by atoms with E-state index in [0.717, 1.165) is 44.5 Å². The van der Waals surface area contributed by atoms with Gasteiger partial charge in [-0.05, 0) is 25.8 Å². The Bertz CT molecular complexity index is 359. The van der Waals surface area contributed by atoms with Crippen molar-refractivity contribution in [2.75, 3.05) is 12.4 Å². The molecule has 0 aliphatic rings. The second-order valence-corrected chi connectivity index (χ2v) is 6.64. The van der Waals surface area contributed by atoms with Crippen molar-refractivity contribution in [3.8, 4) is 0 Å². The molecule has 0 amide bonds. The van der Waals surface area contributed by atoms with Crippen LogP contribution in [0.4, 0.5) is 0 Å². The summed E-state index contributed by atoms with van der Waals surface area (Å²) in [7, 11) is -3.76. The molecule has 0 bridgehead atoms. The third kappa shape index (κ3) is 18.4. The molecule has 0 heterocycles. The summed E-state index contributed by atoms with van der Waals surface area (Å²) in [6, 6.07) is 0. The van der Waals surface area contributed by atoms with E-state index in [2.05, 4.69) is 6.92 Å². The van der Waals surface area contributed by atoms with Crippen LogP contribution in [0.25, 0.3) is 0 Å². The van der Waals surface area contributed by atoms with E-state index in [-0.39, 0.29) is 36.7 Å². The van der Waals surface area contributed by atoms with E-state index in [1.54, 1.807) is 0 Å². The van der Waals surface area contributed by atoms with E-state index in [1.165, 1.54) is 19.3 Å². The van der Waals surface area contributed by atoms with Crippen LogP contribution >= 0.6 is 0 Å². The molecule has 0 aromatic heterocycles. The molecule has 0 aromatic rings. The first-order valence-electron chi connectivity index (χ1n) is 7.72. The smallest absolute Gasteiger partial charge is 1.00 e. The van der Waals surface area contributed by atoms with Crippen molar-refractivity contribution in [2.24, 2.45) is 0 Å². The van der Waals surface area contributed by atoms with Gasteiger partial charge in [0.1, 0.15) is 0 Å². The van der Waals surface area contributed by atoms with Crippen molar-refractivity contribution < 1.29 is 48.7 Å². The SMILES string of the molecule is CC=C(CC)OCCCCCCCCCCS(=O)(=O)O.[H-].[Na+].